The third kappa shape index (κ3) is 3.87. The molecule has 4 aliphatic carbocycles. The minimum atomic E-state index is -0.330. The molecule has 7 rings (SSSR count). The van der Waals surface area contributed by atoms with Crippen molar-refractivity contribution >= 4 is 10.9 Å². The van der Waals surface area contributed by atoms with Gasteiger partial charge in [-0.3, -0.25) is 0 Å². The summed E-state index contributed by atoms with van der Waals surface area (Å²) in [6.45, 7) is 4.52. The molecule has 4 fully saturated rings. The topological polar surface area (TPSA) is 9.23 Å². The van der Waals surface area contributed by atoms with Crippen LogP contribution in [0.15, 0.2) is 93.5 Å². The molecule has 8 atom stereocenters. The highest BCUT2D eigenvalue weighted by molar-refractivity contribution is 7.97. The highest BCUT2D eigenvalue weighted by Gasteiger charge is 2.64. The molecule has 37 heavy (non-hydrogen) atoms. The van der Waals surface area contributed by atoms with Gasteiger partial charge in [-0.25, -0.2) is 4.39 Å². The second-order valence-corrected chi connectivity index (χ2v) is 14.3. The Morgan fingerprint density at radius 2 is 1.43 bits per heavy atom. The van der Waals surface area contributed by atoms with Gasteiger partial charge in [-0.1, -0.05) is 43.3 Å². The van der Waals surface area contributed by atoms with Crippen LogP contribution >= 0.6 is 0 Å². The molecule has 0 heterocycles. The Morgan fingerprint density at radius 1 is 0.784 bits per heavy atom. The predicted octanol–water partition coefficient (Wildman–Crippen LogP) is 8.79. The summed E-state index contributed by atoms with van der Waals surface area (Å²) in [5, 5.41) is 0. The van der Waals surface area contributed by atoms with Crippen LogP contribution in [0.2, 0.25) is 0 Å². The number of fused-ring (bicyclic) bond motifs is 9. The SMILES string of the molecule is CCC(C)(Oc1cc([S+](c2ccccc2)c2ccccc2)ccc1F)C1CC2CC1C1C3CCC(C3)C21. The van der Waals surface area contributed by atoms with E-state index in [0.717, 1.165) is 46.8 Å². The lowest BCUT2D eigenvalue weighted by molar-refractivity contribution is -0.0384. The molecule has 3 aromatic carbocycles. The summed E-state index contributed by atoms with van der Waals surface area (Å²) < 4.78 is 22.2. The molecule has 4 saturated carbocycles. The van der Waals surface area contributed by atoms with Crippen molar-refractivity contribution in [2.75, 3.05) is 0 Å². The smallest absolute Gasteiger partial charge is 0.170 e. The highest BCUT2D eigenvalue weighted by Crippen LogP contribution is 2.70. The van der Waals surface area contributed by atoms with Gasteiger partial charge < -0.3 is 4.74 Å². The van der Waals surface area contributed by atoms with Crippen LogP contribution in [0.4, 0.5) is 4.39 Å². The monoisotopic (exact) mass is 513 g/mol. The molecule has 1 nitrogen and oxygen atoms in total. The van der Waals surface area contributed by atoms with Gasteiger partial charge in [0.25, 0.3) is 0 Å². The number of rotatable bonds is 7. The average molecular weight is 514 g/mol. The van der Waals surface area contributed by atoms with Crippen molar-refractivity contribution in [3.63, 3.8) is 0 Å². The summed E-state index contributed by atoms with van der Waals surface area (Å²) in [5.74, 6) is 6.22. The molecule has 8 unspecified atom stereocenters. The number of hydrogen-bond acceptors (Lipinski definition) is 1. The van der Waals surface area contributed by atoms with Gasteiger partial charge in [0.05, 0.1) is 10.9 Å². The van der Waals surface area contributed by atoms with E-state index in [1.165, 1.54) is 41.9 Å². The average Bonchev–Trinajstić information content (AvgIpc) is 3.73. The zero-order valence-electron chi connectivity index (χ0n) is 22.0. The minimum Gasteiger partial charge on any atom is -0.484 e. The maximum atomic E-state index is 15.4. The maximum absolute atomic E-state index is 15.4. The molecule has 192 valence electrons. The van der Waals surface area contributed by atoms with Crippen molar-refractivity contribution in [2.24, 2.45) is 41.4 Å². The van der Waals surface area contributed by atoms with Gasteiger partial charge in [-0.15, -0.1) is 0 Å². The Kier molecular flexibility index (Phi) is 5.92. The Labute approximate surface area is 224 Å². The Bertz CT molecular complexity index is 1220. The van der Waals surface area contributed by atoms with Crippen LogP contribution in [-0.2, 0) is 10.9 Å². The van der Waals surface area contributed by atoms with Crippen LogP contribution in [0, 0.1) is 47.2 Å². The fourth-order valence-electron chi connectivity index (χ4n) is 9.14. The van der Waals surface area contributed by atoms with Gasteiger partial charge >= 0.3 is 0 Å². The zero-order valence-corrected chi connectivity index (χ0v) is 22.8. The fraction of sp³-hybridized carbons (Fsp3) is 0.471. The summed E-state index contributed by atoms with van der Waals surface area (Å²) in [6, 6.07) is 26.7. The van der Waals surface area contributed by atoms with E-state index in [0.29, 0.717) is 11.7 Å². The second-order valence-electron chi connectivity index (χ2n) is 12.3. The quantitative estimate of drug-likeness (QED) is 0.227. The molecule has 0 aliphatic heterocycles. The van der Waals surface area contributed by atoms with Crippen molar-refractivity contribution < 1.29 is 9.13 Å². The van der Waals surface area contributed by atoms with E-state index >= 15 is 4.39 Å². The number of halogens is 1. The van der Waals surface area contributed by atoms with Crippen LogP contribution in [0.1, 0.15) is 52.4 Å². The summed E-state index contributed by atoms with van der Waals surface area (Å²) in [7, 11) is -0.318. The molecule has 0 spiro atoms. The van der Waals surface area contributed by atoms with Gasteiger partial charge in [-0.2, -0.15) is 0 Å². The molecule has 0 saturated heterocycles. The van der Waals surface area contributed by atoms with Crippen molar-refractivity contribution in [1.82, 2.24) is 0 Å². The largest absolute Gasteiger partial charge is 0.484 e. The Balaban J connectivity index is 1.21. The molecule has 3 heteroatoms. The van der Waals surface area contributed by atoms with E-state index in [1.807, 2.05) is 12.1 Å². The third-order valence-corrected chi connectivity index (χ3v) is 12.9. The molecular formula is C34H38FOS+. The van der Waals surface area contributed by atoms with E-state index in [4.69, 9.17) is 4.74 Å². The number of benzene rings is 3. The molecule has 0 amide bonds. The molecule has 4 bridgehead atoms. The lowest BCUT2D eigenvalue weighted by atomic mass is 9.63. The first-order valence-electron chi connectivity index (χ1n) is 14.4. The van der Waals surface area contributed by atoms with Crippen LogP contribution in [0.25, 0.3) is 0 Å². The van der Waals surface area contributed by atoms with E-state index in [2.05, 4.69) is 74.5 Å². The van der Waals surface area contributed by atoms with Crippen LogP contribution in [-0.4, -0.2) is 5.60 Å². The fourth-order valence-corrected chi connectivity index (χ4v) is 11.2. The summed E-state index contributed by atoms with van der Waals surface area (Å²) in [4.78, 5) is 3.58. The van der Waals surface area contributed by atoms with Gasteiger partial charge in [0.15, 0.2) is 26.3 Å². The first-order valence-corrected chi connectivity index (χ1v) is 15.6. The standard InChI is InChI=1S/C34H38FOS/c1-3-34(2,29-20-24-19-28(29)33-23-15-14-22(18-23)32(24)33)36-31-21-27(16-17-30(31)35)37(25-10-6-4-7-11-25)26-12-8-5-9-13-26/h4-13,16-17,21-24,28-29,32-33H,3,14-15,18-20H2,1-2H3/q+1. The highest BCUT2D eigenvalue weighted by atomic mass is 32.2. The first kappa shape index (κ1) is 23.8. The van der Waals surface area contributed by atoms with Gasteiger partial charge in [-0.05, 0) is 117 Å². The van der Waals surface area contributed by atoms with Crippen molar-refractivity contribution in [1.29, 1.82) is 0 Å². The molecule has 0 radical (unpaired) electrons. The van der Waals surface area contributed by atoms with E-state index < -0.39 is 0 Å². The summed E-state index contributed by atoms with van der Waals surface area (Å²) >= 11 is 0. The van der Waals surface area contributed by atoms with Crippen molar-refractivity contribution in [2.45, 2.75) is 72.7 Å². The summed E-state index contributed by atoms with van der Waals surface area (Å²) in [5.41, 5.74) is -0.330. The van der Waals surface area contributed by atoms with Crippen LogP contribution < -0.4 is 4.74 Å². The van der Waals surface area contributed by atoms with Crippen molar-refractivity contribution in [3.05, 3.63) is 84.7 Å². The molecule has 3 aromatic rings. The normalized spacial score (nSPS) is 33.0. The predicted molar refractivity (Wildman–Crippen MR) is 148 cm³/mol. The van der Waals surface area contributed by atoms with E-state index in [1.54, 1.807) is 6.07 Å². The molecule has 0 N–H and O–H groups in total. The lowest BCUT2D eigenvalue weighted by Crippen LogP contribution is -2.47. The third-order valence-electron chi connectivity index (χ3n) is 10.7. The molecule has 4 aliphatic rings. The van der Waals surface area contributed by atoms with Gasteiger partial charge in [0, 0.05) is 12.0 Å². The maximum Gasteiger partial charge on any atom is 0.170 e. The minimum absolute atomic E-state index is 0.242. The van der Waals surface area contributed by atoms with E-state index in [-0.39, 0.29) is 22.3 Å². The molecular weight excluding hydrogens is 475 g/mol. The number of hydrogen-bond donors (Lipinski definition) is 0. The van der Waals surface area contributed by atoms with Crippen LogP contribution in [0.3, 0.4) is 0 Å². The zero-order chi connectivity index (χ0) is 25.1. The van der Waals surface area contributed by atoms with Gasteiger partial charge in [0.2, 0.25) is 0 Å². The van der Waals surface area contributed by atoms with Gasteiger partial charge in [0.1, 0.15) is 5.60 Å². The van der Waals surface area contributed by atoms with E-state index in [9.17, 15) is 0 Å². The Morgan fingerprint density at radius 3 is 2.08 bits per heavy atom. The second kappa shape index (κ2) is 9.19. The molecule has 0 aromatic heterocycles. The van der Waals surface area contributed by atoms with Crippen molar-refractivity contribution in [3.8, 4) is 5.75 Å². The first-order chi connectivity index (χ1) is 18.1. The lowest BCUT2D eigenvalue weighted by Gasteiger charge is -2.46. The number of ether oxygens (including phenoxy) is 1. The Hall–Kier alpha value is -2.26. The summed E-state index contributed by atoms with van der Waals surface area (Å²) in [6.07, 6.45) is 7.99. The van der Waals surface area contributed by atoms with Crippen LogP contribution in [0.5, 0.6) is 5.75 Å².